The van der Waals surface area contributed by atoms with E-state index >= 15 is 0 Å². The first-order valence-corrected chi connectivity index (χ1v) is 6.11. The summed E-state index contributed by atoms with van der Waals surface area (Å²) in [6, 6.07) is 10.3. The van der Waals surface area contributed by atoms with Gasteiger partial charge in [0.05, 0.1) is 17.3 Å². The van der Waals surface area contributed by atoms with Gasteiger partial charge in [0, 0.05) is 18.2 Å². The van der Waals surface area contributed by atoms with E-state index in [1.165, 1.54) is 0 Å². The van der Waals surface area contributed by atoms with E-state index in [9.17, 15) is 9.90 Å². The number of pyridine rings is 1. The molecule has 0 aliphatic rings. The molecule has 20 heavy (non-hydrogen) atoms. The molecule has 3 rings (SSSR count). The van der Waals surface area contributed by atoms with E-state index in [1.54, 1.807) is 41.1 Å². The number of carbonyl (C=O) groups is 1. The number of aromatic hydroxyl groups is 1. The second-order valence-corrected chi connectivity index (χ2v) is 4.50. The third kappa shape index (κ3) is 2.09. The number of hydrogen-bond donors (Lipinski definition) is 2. The number of phenols is 1. The Morgan fingerprint density at radius 2 is 2.00 bits per heavy atom. The summed E-state index contributed by atoms with van der Waals surface area (Å²) in [4.78, 5) is 15.3. The van der Waals surface area contributed by atoms with Crippen LogP contribution in [-0.2, 0) is 6.42 Å². The van der Waals surface area contributed by atoms with Crippen molar-refractivity contribution in [3.63, 3.8) is 0 Å². The van der Waals surface area contributed by atoms with Crippen molar-refractivity contribution in [2.45, 2.75) is 6.42 Å². The van der Waals surface area contributed by atoms with Crippen LogP contribution in [0.15, 0.2) is 48.8 Å². The van der Waals surface area contributed by atoms with Crippen molar-refractivity contribution in [2.24, 2.45) is 0 Å². The van der Waals surface area contributed by atoms with Gasteiger partial charge in [0.25, 0.3) is 0 Å². The number of aromatic carboxylic acids is 1. The molecule has 5 nitrogen and oxygen atoms in total. The number of rotatable bonds is 3. The van der Waals surface area contributed by atoms with E-state index in [0.717, 1.165) is 11.1 Å². The first kappa shape index (κ1) is 12.2. The van der Waals surface area contributed by atoms with Crippen LogP contribution in [0.5, 0.6) is 5.75 Å². The Hall–Kier alpha value is -2.82. The maximum atomic E-state index is 11.0. The second-order valence-electron chi connectivity index (χ2n) is 4.50. The lowest BCUT2D eigenvalue weighted by Gasteiger charge is -2.05. The Labute approximate surface area is 114 Å². The van der Waals surface area contributed by atoms with Crippen molar-refractivity contribution >= 4 is 11.5 Å². The van der Waals surface area contributed by atoms with Crippen molar-refractivity contribution in [2.75, 3.05) is 0 Å². The highest BCUT2D eigenvalue weighted by molar-refractivity contribution is 5.87. The van der Waals surface area contributed by atoms with Crippen molar-refractivity contribution in [1.29, 1.82) is 0 Å². The summed E-state index contributed by atoms with van der Waals surface area (Å²) >= 11 is 0. The summed E-state index contributed by atoms with van der Waals surface area (Å²) in [5.74, 6) is -0.0858. The van der Waals surface area contributed by atoms with E-state index in [4.69, 9.17) is 5.11 Å². The number of carboxylic acid groups (broad SMARTS) is 1. The predicted octanol–water partition coefficient (Wildman–Crippen LogP) is 2.33. The molecule has 0 unspecified atom stereocenters. The van der Waals surface area contributed by atoms with E-state index < -0.39 is 5.97 Å². The average Bonchev–Trinajstić information content (AvgIpc) is 2.84. The highest BCUT2D eigenvalue weighted by Crippen LogP contribution is 2.20. The van der Waals surface area contributed by atoms with Crippen molar-refractivity contribution in [3.05, 3.63) is 65.7 Å². The van der Waals surface area contributed by atoms with Gasteiger partial charge in [0.2, 0.25) is 0 Å². The Kier molecular flexibility index (Phi) is 2.87. The molecule has 0 fully saturated rings. The monoisotopic (exact) mass is 268 g/mol. The van der Waals surface area contributed by atoms with Crippen LogP contribution in [-0.4, -0.2) is 25.6 Å². The van der Waals surface area contributed by atoms with Gasteiger partial charge in [0.15, 0.2) is 0 Å². The summed E-state index contributed by atoms with van der Waals surface area (Å²) in [5, 5.41) is 18.8. The second kappa shape index (κ2) is 4.70. The molecule has 3 aromatic rings. The number of para-hydroxylation sites is 1. The smallest absolute Gasteiger partial charge is 0.337 e. The van der Waals surface area contributed by atoms with E-state index in [1.807, 2.05) is 12.1 Å². The predicted molar refractivity (Wildman–Crippen MR) is 73.1 cm³/mol. The summed E-state index contributed by atoms with van der Waals surface area (Å²) in [6.45, 7) is 0. The zero-order valence-corrected chi connectivity index (χ0v) is 10.5. The molecule has 0 saturated carbocycles. The van der Waals surface area contributed by atoms with Crippen LogP contribution >= 0.6 is 0 Å². The van der Waals surface area contributed by atoms with Crippen molar-refractivity contribution in [1.82, 2.24) is 9.38 Å². The zero-order chi connectivity index (χ0) is 14.1. The van der Waals surface area contributed by atoms with Gasteiger partial charge < -0.3 is 14.6 Å². The molecule has 0 amide bonds. The number of benzene rings is 1. The van der Waals surface area contributed by atoms with Gasteiger partial charge in [-0.3, -0.25) is 0 Å². The Bertz CT molecular complexity index is 793. The molecule has 0 atom stereocenters. The summed E-state index contributed by atoms with van der Waals surface area (Å²) in [5.41, 5.74) is 1.77. The van der Waals surface area contributed by atoms with Gasteiger partial charge in [-0.2, -0.15) is 0 Å². The molecule has 5 heteroatoms. The Morgan fingerprint density at radius 1 is 1.20 bits per heavy atom. The zero-order valence-electron chi connectivity index (χ0n) is 10.5. The number of nitrogens with zero attached hydrogens (tertiary/aromatic N) is 2. The van der Waals surface area contributed by atoms with Gasteiger partial charge in [0.1, 0.15) is 11.6 Å². The third-order valence-electron chi connectivity index (χ3n) is 3.19. The number of hydrogen-bond acceptors (Lipinski definition) is 3. The topological polar surface area (TPSA) is 74.8 Å². The number of aromatic nitrogens is 2. The molecule has 0 bridgehead atoms. The molecule has 0 aliphatic carbocycles. The molecule has 1 aromatic carbocycles. The Morgan fingerprint density at radius 3 is 2.75 bits per heavy atom. The summed E-state index contributed by atoms with van der Waals surface area (Å²) in [7, 11) is 0. The summed E-state index contributed by atoms with van der Waals surface area (Å²) < 4.78 is 1.73. The van der Waals surface area contributed by atoms with Crippen LogP contribution in [0.2, 0.25) is 0 Å². The number of imidazole rings is 1. The van der Waals surface area contributed by atoms with Gasteiger partial charge in [-0.25, -0.2) is 9.78 Å². The minimum atomic E-state index is -0.978. The van der Waals surface area contributed by atoms with Crippen LogP contribution < -0.4 is 0 Å². The number of phenolic OH excluding ortho intramolecular Hbond substituents is 1. The van der Waals surface area contributed by atoms with Crippen LogP contribution in [0.25, 0.3) is 5.52 Å². The summed E-state index contributed by atoms with van der Waals surface area (Å²) in [6.07, 6.45) is 3.66. The number of carboxylic acids is 1. The lowest BCUT2D eigenvalue weighted by Crippen LogP contribution is -2.01. The SMILES string of the molecule is O=C(O)c1ccc2cnc(Cc3ccccc3O)n2c1. The third-order valence-corrected chi connectivity index (χ3v) is 3.19. The van der Waals surface area contributed by atoms with Crippen LogP contribution in [0.1, 0.15) is 21.7 Å². The van der Waals surface area contributed by atoms with Crippen LogP contribution in [0, 0.1) is 0 Å². The van der Waals surface area contributed by atoms with Crippen molar-refractivity contribution in [3.8, 4) is 5.75 Å². The van der Waals surface area contributed by atoms with Crippen molar-refractivity contribution < 1.29 is 15.0 Å². The first-order valence-electron chi connectivity index (χ1n) is 6.11. The normalized spacial score (nSPS) is 10.8. The van der Waals surface area contributed by atoms with Gasteiger partial charge in [-0.15, -0.1) is 0 Å². The molecule has 2 N–H and O–H groups in total. The van der Waals surface area contributed by atoms with Gasteiger partial charge in [-0.1, -0.05) is 18.2 Å². The van der Waals surface area contributed by atoms with Crippen LogP contribution in [0.4, 0.5) is 0 Å². The molecule has 0 saturated heterocycles. The molecule has 0 radical (unpaired) electrons. The maximum Gasteiger partial charge on any atom is 0.337 e. The Balaban J connectivity index is 2.06. The van der Waals surface area contributed by atoms with Gasteiger partial charge >= 0.3 is 5.97 Å². The van der Waals surface area contributed by atoms with E-state index in [0.29, 0.717) is 12.2 Å². The minimum absolute atomic E-state index is 0.203. The molecular weight excluding hydrogens is 256 g/mol. The standard InChI is InChI=1S/C15H12N2O3/c18-13-4-2-1-3-10(13)7-14-16-8-12-6-5-11(15(19)20)9-17(12)14/h1-6,8-9,18H,7H2,(H,19,20). The molecule has 2 aromatic heterocycles. The maximum absolute atomic E-state index is 11.0. The van der Waals surface area contributed by atoms with Gasteiger partial charge in [-0.05, 0) is 18.2 Å². The highest BCUT2D eigenvalue weighted by Gasteiger charge is 2.10. The van der Waals surface area contributed by atoms with E-state index in [2.05, 4.69) is 4.98 Å². The lowest BCUT2D eigenvalue weighted by molar-refractivity contribution is 0.0696. The fourth-order valence-electron chi connectivity index (χ4n) is 2.13. The fourth-order valence-corrected chi connectivity index (χ4v) is 2.13. The largest absolute Gasteiger partial charge is 0.508 e. The molecule has 0 aliphatic heterocycles. The lowest BCUT2D eigenvalue weighted by atomic mass is 10.1. The van der Waals surface area contributed by atoms with Crippen LogP contribution in [0.3, 0.4) is 0 Å². The first-order chi connectivity index (χ1) is 9.65. The molecule has 0 spiro atoms. The highest BCUT2D eigenvalue weighted by atomic mass is 16.4. The number of fused-ring (bicyclic) bond motifs is 1. The molecular formula is C15H12N2O3. The minimum Gasteiger partial charge on any atom is -0.508 e. The fraction of sp³-hybridized carbons (Fsp3) is 0.0667. The average molecular weight is 268 g/mol. The van der Waals surface area contributed by atoms with E-state index in [-0.39, 0.29) is 11.3 Å². The molecule has 2 heterocycles. The molecule has 100 valence electrons. The quantitative estimate of drug-likeness (QED) is 0.764.